The number of halogens is 2. The third kappa shape index (κ3) is 2.87. The molecule has 0 saturated heterocycles. The molecule has 1 N–H and O–H groups in total. The van der Waals surface area contributed by atoms with Gasteiger partial charge in [-0.25, -0.2) is 13.8 Å². The fraction of sp³-hybridized carbons (Fsp3) is 0. The number of amides is 1. The number of hydrogen-bond acceptors (Lipinski definition) is 3. The Kier molecular flexibility index (Phi) is 3.93. The van der Waals surface area contributed by atoms with E-state index in [4.69, 9.17) is 0 Å². The Labute approximate surface area is 129 Å². The van der Waals surface area contributed by atoms with Gasteiger partial charge < -0.3 is 5.32 Å². The summed E-state index contributed by atoms with van der Waals surface area (Å²) in [6.45, 7) is 0. The normalized spacial score (nSPS) is 10.5. The van der Waals surface area contributed by atoms with Crippen LogP contribution in [0.4, 0.5) is 14.5 Å². The molecular weight excluding hydrogens is 306 g/mol. The van der Waals surface area contributed by atoms with Crippen molar-refractivity contribution in [1.29, 1.82) is 0 Å². The van der Waals surface area contributed by atoms with Gasteiger partial charge in [-0.1, -0.05) is 36.4 Å². The first-order valence-corrected chi connectivity index (χ1v) is 7.29. The Morgan fingerprint density at radius 3 is 2.36 bits per heavy atom. The van der Waals surface area contributed by atoms with Gasteiger partial charge in [-0.3, -0.25) is 4.79 Å². The van der Waals surface area contributed by atoms with Crippen molar-refractivity contribution < 1.29 is 13.6 Å². The fourth-order valence-electron chi connectivity index (χ4n) is 1.89. The number of rotatable bonds is 3. The number of para-hydroxylation sites is 1. The highest BCUT2D eigenvalue weighted by Crippen LogP contribution is 2.24. The van der Waals surface area contributed by atoms with Crippen molar-refractivity contribution in [3.8, 4) is 10.6 Å². The van der Waals surface area contributed by atoms with Gasteiger partial charge in [0, 0.05) is 10.9 Å². The van der Waals surface area contributed by atoms with Gasteiger partial charge in [0.15, 0.2) is 0 Å². The summed E-state index contributed by atoms with van der Waals surface area (Å²) in [6, 6.07) is 12.7. The van der Waals surface area contributed by atoms with Crippen molar-refractivity contribution in [2.45, 2.75) is 0 Å². The largest absolute Gasteiger partial charge is 0.316 e. The van der Waals surface area contributed by atoms with Crippen molar-refractivity contribution in [2.24, 2.45) is 0 Å². The van der Waals surface area contributed by atoms with Crippen LogP contribution in [0.15, 0.2) is 53.9 Å². The van der Waals surface area contributed by atoms with Gasteiger partial charge in [0.25, 0.3) is 5.91 Å². The molecule has 0 saturated carbocycles. The first kappa shape index (κ1) is 14.3. The van der Waals surface area contributed by atoms with E-state index < -0.39 is 23.2 Å². The van der Waals surface area contributed by atoms with E-state index in [0.717, 1.165) is 17.7 Å². The molecule has 0 aliphatic carbocycles. The number of thiazole rings is 1. The molecule has 22 heavy (non-hydrogen) atoms. The third-order valence-corrected chi connectivity index (χ3v) is 3.85. The number of aromatic nitrogens is 1. The van der Waals surface area contributed by atoms with Crippen LogP contribution in [0, 0.1) is 11.6 Å². The van der Waals surface area contributed by atoms with Gasteiger partial charge in [0.05, 0.1) is 0 Å². The van der Waals surface area contributed by atoms with Crippen molar-refractivity contribution >= 4 is 22.9 Å². The SMILES string of the molecule is O=C(Nc1c(F)cccc1F)c1csc(-c2ccccc2)n1. The number of anilines is 1. The number of carbonyl (C=O) groups excluding carboxylic acids is 1. The standard InChI is InChI=1S/C16H10F2N2OS/c17-11-7-4-8-12(18)14(11)20-15(21)13-9-22-16(19-13)10-5-2-1-3-6-10/h1-9H,(H,20,21). The van der Waals surface area contributed by atoms with E-state index in [9.17, 15) is 13.6 Å². The lowest BCUT2D eigenvalue weighted by atomic mass is 10.2. The van der Waals surface area contributed by atoms with Gasteiger partial charge in [-0.05, 0) is 12.1 Å². The second kappa shape index (κ2) is 6.03. The molecule has 2 aromatic carbocycles. The fourth-order valence-corrected chi connectivity index (χ4v) is 2.69. The molecule has 0 bridgehead atoms. The molecule has 0 radical (unpaired) electrons. The van der Waals surface area contributed by atoms with E-state index in [0.29, 0.717) is 5.01 Å². The quantitative estimate of drug-likeness (QED) is 0.781. The Balaban J connectivity index is 1.83. The summed E-state index contributed by atoms with van der Waals surface area (Å²) in [5, 5.41) is 4.43. The van der Waals surface area contributed by atoms with Crippen molar-refractivity contribution in [3.63, 3.8) is 0 Å². The van der Waals surface area contributed by atoms with E-state index in [1.807, 2.05) is 30.3 Å². The number of nitrogens with one attached hydrogen (secondary N) is 1. The van der Waals surface area contributed by atoms with Gasteiger partial charge in [0.1, 0.15) is 28.0 Å². The molecule has 0 atom stereocenters. The van der Waals surface area contributed by atoms with Crippen LogP contribution in [-0.4, -0.2) is 10.9 Å². The van der Waals surface area contributed by atoms with Crippen LogP contribution < -0.4 is 5.32 Å². The van der Waals surface area contributed by atoms with Crippen LogP contribution in [-0.2, 0) is 0 Å². The molecule has 0 fully saturated rings. The zero-order valence-corrected chi connectivity index (χ0v) is 12.0. The minimum absolute atomic E-state index is 0.117. The maximum absolute atomic E-state index is 13.5. The lowest BCUT2D eigenvalue weighted by Crippen LogP contribution is -2.14. The molecule has 0 spiro atoms. The minimum atomic E-state index is -0.827. The average Bonchev–Trinajstić information content (AvgIpc) is 3.02. The van der Waals surface area contributed by atoms with Crippen LogP contribution in [0.2, 0.25) is 0 Å². The molecule has 0 aliphatic heterocycles. The Hall–Kier alpha value is -2.60. The molecular formula is C16H10F2N2OS. The molecule has 6 heteroatoms. The van der Waals surface area contributed by atoms with E-state index in [2.05, 4.69) is 10.3 Å². The Morgan fingerprint density at radius 1 is 1.00 bits per heavy atom. The average molecular weight is 316 g/mol. The van der Waals surface area contributed by atoms with Gasteiger partial charge >= 0.3 is 0 Å². The summed E-state index contributed by atoms with van der Waals surface area (Å²) in [5.74, 6) is -2.30. The maximum Gasteiger partial charge on any atom is 0.275 e. The highest BCUT2D eigenvalue weighted by molar-refractivity contribution is 7.13. The summed E-state index contributed by atoms with van der Waals surface area (Å²) in [7, 11) is 0. The smallest absolute Gasteiger partial charge is 0.275 e. The Bertz CT molecular complexity index is 798. The molecule has 110 valence electrons. The van der Waals surface area contributed by atoms with Gasteiger partial charge in [-0.15, -0.1) is 11.3 Å². The molecule has 3 rings (SSSR count). The number of carbonyl (C=O) groups is 1. The second-order valence-electron chi connectivity index (χ2n) is 4.45. The first-order valence-electron chi connectivity index (χ1n) is 6.41. The third-order valence-electron chi connectivity index (χ3n) is 2.96. The van der Waals surface area contributed by atoms with Crippen LogP contribution in [0.25, 0.3) is 10.6 Å². The van der Waals surface area contributed by atoms with Crippen LogP contribution in [0.3, 0.4) is 0 Å². The van der Waals surface area contributed by atoms with Crippen LogP contribution in [0.5, 0.6) is 0 Å². The lowest BCUT2D eigenvalue weighted by molar-refractivity contribution is 0.102. The number of hydrogen-bond donors (Lipinski definition) is 1. The van der Waals surface area contributed by atoms with Crippen LogP contribution >= 0.6 is 11.3 Å². The summed E-state index contributed by atoms with van der Waals surface area (Å²) < 4.78 is 27.0. The molecule has 1 amide bonds. The number of nitrogens with zero attached hydrogens (tertiary/aromatic N) is 1. The molecule has 3 aromatic rings. The van der Waals surface area contributed by atoms with Crippen molar-refractivity contribution in [3.05, 3.63) is 71.2 Å². The molecule has 0 unspecified atom stereocenters. The monoisotopic (exact) mass is 316 g/mol. The highest BCUT2D eigenvalue weighted by Gasteiger charge is 2.16. The Morgan fingerprint density at radius 2 is 1.68 bits per heavy atom. The minimum Gasteiger partial charge on any atom is -0.316 e. The first-order chi connectivity index (χ1) is 10.6. The van der Waals surface area contributed by atoms with E-state index >= 15 is 0 Å². The molecule has 0 aliphatic rings. The summed E-state index contributed by atoms with van der Waals surface area (Å²) in [5.41, 5.74) is 0.525. The highest BCUT2D eigenvalue weighted by atomic mass is 32.1. The van der Waals surface area contributed by atoms with E-state index in [1.165, 1.54) is 17.4 Å². The second-order valence-corrected chi connectivity index (χ2v) is 5.31. The van der Waals surface area contributed by atoms with Crippen molar-refractivity contribution in [1.82, 2.24) is 4.98 Å². The van der Waals surface area contributed by atoms with Gasteiger partial charge in [-0.2, -0.15) is 0 Å². The van der Waals surface area contributed by atoms with Gasteiger partial charge in [0.2, 0.25) is 0 Å². The predicted octanol–water partition coefficient (Wildman–Crippen LogP) is 4.34. The summed E-state index contributed by atoms with van der Waals surface area (Å²) in [4.78, 5) is 16.3. The van der Waals surface area contributed by atoms with Crippen LogP contribution in [0.1, 0.15) is 10.5 Å². The zero-order valence-electron chi connectivity index (χ0n) is 11.2. The lowest BCUT2D eigenvalue weighted by Gasteiger charge is -2.05. The zero-order chi connectivity index (χ0) is 15.5. The van der Waals surface area contributed by atoms with E-state index in [-0.39, 0.29) is 5.69 Å². The molecule has 1 aromatic heterocycles. The molecule has 3 nitrogen and oxygen atoms in total. The predicted molar refractivity (Wildman–Crippen MR) is 81.9 cm³/mol. The number of benzene rings is 2. The van der Waals surface area contributed by atoms with Crippen molar-refractivity contribution in [2.75, 3.05) is 5.32 Å². The topological polar surface area (TPSA) is 42.0 Å². The summed E-state index contributed by atoms with van der Waals surface area (Å²) >= 11 is 1.29. The summed E-state index contributed by atoms with van der Waals surface area (Å²) in [6.07, 6.45) is 0. The maximum atomic E-state index is 13.5. The van der Waals surface area contributed by atoms with E-state index in [1.54, 1.807) is 5.38 Å². The molecule has 1 heterocycles.